The molecule has 1 aromatic rings. The largest absolute Gasteiger partial charge is 0.340 e. The van der Waals surface area contributed by atoms with Crippen molar-refractivity contribution in [2.75, 3.05) is 6.54 Å². The van der Waals surface area contributed by atoms with E-state index in [0.717, 1.165) is 37.8 Å². The van der Waals surface area contributed by atoms with Gasteiger partial charge >= 0.3 is 0 Å². The van der Waals surface area contributed by atoms with Crippen molar-refractivity contribution in [2.45, 2.75) is 44.2 Å². The Kier molecular flexibility index (Phi) is 3.23. The molecule has 0 bridgehead atoms. The molecule has 2 aliphatic rings. The topological polar surface area (TPSA) is 67.2 Å². The molecule has 1 saturated heterocycles. The van der Waals surface area contributed by atoms with Gasteiger partial charge in [-0.1, -0.05) is 19.3 Å². The van der Waals surface area contributed by atoms with Gasteiger partial charge < -0.3 is 10.2 Å². The second-order valence-corrected chi connectivity index (χ2v) is 5.83. The maximum atomic E-state index is 12.7. The minimum atomic E-state index is -0.650. The maximum absolute atomic E-state index is 12.7. The quantitative estimate of drug-likeness (QED) is 0.859. The third-order valence-electron chi connectivity index (χ3n) is 4.24. The van der Waals surface area contributed by atoms with Crippen LogP contribution in [0.15, 0.2) is 12.3 Å². The third kappa shape index (κ3) is 2.30. The summed E-state index contributed by atoms with van der Waals surface area (Å²) >= 11 is 0. The number of aryl methyl sites for hydroxylation is 1. The Balaban J connectivity index is 1.80. The fourth-order valence-corrected chi connectivity index (χ4v) is 3.27. The van der Waals surface area contributed by atoms with E-state index in [-0.39, 0.29) is 18.4 Å². The molecular formula is C14H20N4O2. The van der Waals surface area contributed by atoms with Crippen molar-refractivity contribution in [1.82, 2.24) is 20.0 Å². The van der Waals surface area contributed by atoms with Crippen LogP contribution in [0.1, 0.15) is 37.8 Å². The zero-order valence-corrected chi connectivity index (χ0v) is 11.8. The van der Waals surface area contributed by atoms with Crippen molar-refractivity contribution in [3.05, 3.63) is 18.0 Å². The monoisotopic (exact) mass is 276 g/mol. The van der Waals surface area contributed by atoms with Gasteiger partial charge in [0.1, 0.15) is 12.1 Å². The first kappa shape index (κ1) is 13.1. The normalized spacial score (nSPS) is 22.1. The first-order valence-electron chi connectivity index (χ1n) is 7.18. The van der Waals surface area contributed by atoms with Crippen molar-refractivity contribution < 1.29 is 9.59 Å². The molecule has 1 aliphatic carbocycles. The summed E-state index contributed by atoms with van der Waals surface area (Å²) in [6, 6.07) is 1.88. The summed E-state index contributed by atoms with van der Waals surface area (Å²) in [7, 11) is 1.84. The molecule has 6 heteroatoms. The van der Waals surface area contributed by atoms with Crippen LogP contribution < -0.4 is 5.32 Å². The van der Waals surface area contributed by atoms with Gasteiger partial charge in [0.15, 0.2) is 0 Å². The van der Waals surface area contributed by atoms with Gasteiger partial charge in [-0.15, -0.1) is 0 Å². The van der Waals surface area contributed by atoms with Crippen LogP contribution in [0.4, 0.5) is 0 Å². The van der Waals surface area contributed by atoms with Gasteiger partial charge in [-0.25, -0.2) is 0 Å². The predicted molar refractivity (Wildman–Crippen MR) is 72.6 cm³/mol. The summed E-state index contributed by atoms with van der Waals surface area (Å²) in [4.78, 5) is 26.3. The number of nitrogens with one attached hydrogen (secondary N) is 1. The molecule has 1 saturated carbocycles. The molecule has 6 nitrogen and oxygen atoms in total. The van der Waals surface area contributed by atoms with Crippen LogP contribution in [0.3, 0.4) is 0 Å². The summed E-state index contributed by atoms with van der Waals surface area (Å²) in [6.07, 6.45) is 6.52. The van der Waals surface area contributed by atoms with Crippen LogP contribution in [-0.4, -0.2) is 38.6 Å². The Morgan fingerprint density at radius 3 is 2.70 bits per heavy atom. The predicted octanol–water partition coefficient (Wildman–Crippen LogP) is 0.581. The number of carbonyl (C=O) groups excluding carboxylic acids is 2. The highest BCUT2D eigenvalue weighted by atomic mass is 16.2. The number of piperazine rings is 1. The lowest BCUT2D eigenvalue weighted by Gasteiger charge is -2.43. The van der Waals surface area contributed by atoms with Crippen LogP contribution in [0, 0.1) is 0 Å². The molecule has 2 amide bonds. The van der Waals surface area contributed by atoms with Gasteiger partial charge in [-0.3, -0.25) is 14.3 Å². The Morgan fingerprint density at radius 2 is 2.05 bits per heavy atom. The highest BCUT2D eigenvalue weighted by Gasteiger charge is 2.46. The van der Waals surface area contributed by atoms with Crippen molar-refractivity contribution in [1.29, 1.82) is 0 Å². The summed E-state index contributed by atoms with van der Waals surface area (Å²) in [5, 5.41) is 7.24. The first-order valence-corrected chi connectivity index (χ1v) is 7.18. The lowest BCUT2D eigenvalue weighted by Crippen LogP contribution is -2.66. The Bertz CT molecular complexity index is 531. The molecule has 1 N–H and O–H groups in total. The Hall–Kier alpha value is -1.85. The number of aromatic nitrogens is 2. The van der Waals surface area contributed by atoms with Crippen molar-refractivity contribution in [3.8, 4) is 0 Å². The minimum absolute atomic E-state index is 0.0533. The molecule has 20 heavy (non-hydrogen) atoms. The number of carbonyl (C=O) groups is 2. The molecule has 2 fully saturated rings. The lowest BCUT2D eigenvalue weighted by molar-refractivity contribution is -0.152. The van der Waals surface area contributed by atoms with E-state index < -0.39 is 5.54 Å². The van der Waals surface area contributed by atoms with Gasteiger partial charge in [0, 0.05) is 13.2 Å². The molecule has 108 valence electrons. The van der Waals surface area contributed by atoms with Gasteiger partial charge in [-0.2, -0.15) is 5.10 Å². The van der Waals surface area contributed by atoms with Crippen molar-refractivity contribution in [3.63, 3.8) is 0 Å². The number of hydrogen-bond donors (Lipinski definition) is 1. The molecule has 0 aromatic carbocycles. The zero-order chi connectivity index (χ0) is 14.2. The summed E-state index contributed by atoms with van der Waals surface area (Å²) in [6.45, 7) is 0.548. The lowest BCUT2D eigenvalue weighted by atomic mass is 9.79. The molecular weight excluding hydrogens is 256 g/mol. The zero-order valence-electron chi connectivity index (χ0n) is 11.8. The maximum Gasteiger partial charge on any atom is 0.249 e. The fraction of sp³-hybridized carbons (Fsp3) is 0.643. The van der Waals surface area contributed by atoms with E-state index >= 15 is 0 Å². The molecule has 3 rings (SSSR count). The van der Waals surface area contributed by atoms with E-state index in [1.807, 2.05) is 19.3 Å². The Labute approximate surface area is 118 Å². The summed E-state index contributed by atoms with van der Waals surface area (Å²) in [5.74, 6) is 0.00452. The fourth-order valence-electron chi connectivity index (χ4n) is 3.27. The minimum Gasteiger partial charge on any atom is -0.340 e. The molecule has 1 aliphatic heterocycles. The standard InChI is InChI=1S/C14H20N4O2/c1-17-8-5-11(16-17)9-18-10-12(19)15-14(13(18)20)6-3-2-4-7-14/h5,8H,2-4,6-7,9-10H2,1H3,(H,15,19). The second-order valence-electron chi connectivity index (χ2n) is 5.83. The van der Waals surface area contributed by atoms with Gasteiger partial charge in [0.2, 0.25) is 11.8 Å². The second kappa shape index (κ2) is 4.92. The first-order chi connectivity index (χ1) is 9.59. The molecule has 0 atom stereocenters. The average molecular weight is 276 g/mol. The Morgan fingerprint density at radius 1 is 1.30 bits per heavy atom. The van der Waals surface area contributed by atoms with Crippen molar-refractivity contribution >= 4 is 11.8 Å². The van der Waals surface area contributed by atoms with Crippen LogP contribution in [0.5, 0.6) is 0 Å². The molecule has 0 radical (unpaired) electrons. The van der Waals surface area contributed by atoms with Crippen LogP contribution >= 0.6 is 0 Å². The van der Waals surface area contributed by atoms with Crippen molar-refractivity contribution in [2.24, 2.45) is 7.05 Å². The number of amides is 2. The highest BCUT2D eigenvalue weighted by Crippen LogP contribution is 2.32. The number of nitrogens with zero attached hydrogens (tertiary/aromatic N) is 3. The average Bonchev–Trinajstić information content (AvgIpc) is 2.82. The summed E-state index contributed by atoms with van der Waals surface area (Å²) in [5.41, 5.74) is 0.170. The van der Waals surface area contributed by atoms with Gasteiger partial charge in [-0.05, 0) is 18.9 Å². The molecule has 2 heterocycles. The molecule has 1 aromatic heterocycles. The van der Waals surface area contributed by atoms with Gasteiger partial charge in [0.05, 0.1) is 12.2 Å². The molecule has 1 spiro atoms. The molecule has 0 unspecified atom stereocenters. The van der Waals surface area contributed by atoms with E-state index in [4.69, 9.17) is 0 Å². The summed E-state index contributed by atoms with van der Waals surface area (Å²) < 4.78 is 1.71. The highest BCUT2D eigenvalue weighted by molar-refractivity contribution is 5.98. The van der Waals surface area contributed by atoms with E-state index in [2.05, 4.69) is 10.4 Å². The van der Waals surface area contributed by atoms with E-state index in [9.17, 15) is 9.59 Å². The third-order valence-corrected chi connectivity index (χ3v) is 4.24. The van der Waals surface area contributed by atoms with E-state index in [1.54, 1.807) is 9.58 Å². The SMILES string of the molecule is Cn1ccc(CN2CC(=O)NC3(CCCCC3)C2=O)n1. The van der Waals surface area contributed by atoms with Gasteiger partial charge in [0.25, 0.3) is 0 Å². The smallest absolute Gasteiger partial charge is 0.249 e. The van der Waals surface area contributed by atoms with Crippen LogP contribution in [0.25, 0.3) is 0 Å². The van der Waals surface area contributed by atoms with E-state index in [0.29, 0.717) is 6.54 Å². The number of hydrogen-bond acceptors (Lipinski definition) is 3. The van der Waals surface area contributed by atoms with Crippen LogP contribution in [0.2, 0.25) is 0 Å². The van der Waals surface area contributed by atoms with E-state index in [1.165, 1.54) is 0 Å². The van der Waals surface area contributed by atoms with Crippen LogP contribution in [-0.2, 0) is 23.2 Å². The number of rotatable bonds is 2.